The standard InChI is InChI=1S/C31H34O5/c1-3-5-6-7-8-9-10-24-11-13-25(14-12-24)30(32)35-28-19-21-29(22-20-28)36-31(33)26-15-17-27(18-16-26)34-23-4-2/h4,11-22H,2-3,5-10,23H2,1H3. The van der Waals surface area contributed by atoms with E-state index in [-0.39, 0.29) is 0 Å². The number of carbonyl (C=O) groups is 2. The molecule has 0 N–H and O–H groups in total. The van der Waals surface area contributed by atoms with Crippen LogP contribution in [0.15, 0.2) is 85.5 Å². The van der Waals surface area contributed by atoms with Crippen LogP contribution in [0.4, 0.5) is 0 Å². The maximum absolute atomic E-state index is 12.5. The lowest BCUT2D eigenvalue weighted by Crippen LogP contribution is -2.09. The topological polar surface area (TPSA) is 61.8 Å². The summed E-state index contributed by atoms with van der Waals surface area (Å²) in [5.41, 5.74) is 2.13. The first-order valence-electron chi connectivity index (χ1n) is 12.6. The predicted molar refractivity (Wildman–Crippen MR) is 142 cm³/mol. The van der Waals surface area contributed by atoms with Crippen molar-refractivity contribution < 1.29 is 23.8 Å². The number of ether oxygens (including phenoxy) is 3. The zero-order chi connectivity index (χ0) is 25.6. The van der Waals surface area contributed by atoms with Crippen LogP contribution in [0.1, 0.15) is 71.7 Å². The molecule has 0 spiro atoms. The predicted octanol–water partition coefficient (Wildman–Crippen LogP) is 7.59. The summed E-state index contributed by atoms with van der Waals surface area (Å²) in [4.78, 5) is 24.9. The average Bonchev–Trinajstić information content (AvgIpc) is 2.91. The van der Waals surface area contributed by atoms with Crippen LogP contribution < -0.4 is 14.2 Å². The van der Waals surface area contributed by atoms with Gasteiger partial charge in [-0.1, -0.05) is 63.8 Å². The van der Waals surface area contributed by atoms with Crippen molar-refractivity contribution in [2.24, 2.45) is 0 Å². The van der Waals surface area contributed by atoms with Crippen LogP contribution in [-0.2, 0) is 6.42 Å². The summed E-state index contributed by atoms with van der Waals surface area (Å²) in [7, 11) is 0. The molecule has 0 fully saturated rings. The van der Waals surface area contributed by atoms with Crippen LogP contribution in [-0.4, -0.2) is 18.5 Å². The number of aryl methyl sites for hydroxylation is 1. The zero-order valence-electron chi connectivity index (χ0n) is 20.9. The molecule has 0 atom stereocenters. The van der Waals surface area contributed by atoms with Gasteiger partial charge in [0.2, 0.25) is 0 Å². The van der Waals surface area contributed by atoms with Crippen molar-refractivity contribution in [3.8, 4) is 17.2 Å². The van der Waals surface area contributed by atoms with E-state index in [2.05, 4.69) is 13.5 Å². The Morgan fingerprint density at radius 3 is 1.67 bits per heavy atom. The largest absolute Gasteiger partial charge is 0.490 e. The van der Waals surface area contributed by atoms with Crippen LogP contribution in [0.5, 0.6) is 17.2 Å². The molecule has 0 saturated carbocycles. The summed E-state index contributed by atoms with van der Waals surface area (Å²) in [5.74, 6) is 0.455. The van der Waals surface area contributed by atoms with Crippen molar-refractivity contribution in [2.75, 3.05) is 6.61 Å². The molecule has 5 nitrogen and oxygen atoms in total. The first-order chi connectivity index (χ1) is 17.6. The molecule has 0 heterocycles. The van der Waals surface area contributed by atoms with Crippen molar-refractivity contribution in [1.82, 2.24) is 0 Å². The van der Waals surface area contributed by atoms with Gasteiger partial charge in [-0.25, -0.2) is 9.59 Å². The third-order valence-corrected chi connectivity index (χ3v) is 5.71. The third-order valence-electron chi connectivity index (χ3n) is 5.71. The minimum absolute atomic E-state index is 0.353. The summed E-state index contributed by atoms with van der Waals surface area (Å²) < 4.78 is 16.3. The average molecular weight is 487 g/mol. The maximum atomic E-state index is 12.5. The second-order valence-corrected chi connectivity index (χ2v) is 8.59. The van der Waals surface area contributed by atoms with Gasteiger partial charge < -0.3 is 14.2 Å². The molecule has 0 saturated heterocycles. The molecular weight excluding hydrogens is 452 g/mol. The molecule has 0 bridgehead atoms. The number of hydrogen-bond acceptors (Lipinski definition) is 5. The molecule has 0 radical (unpaired) electrons. The molecule has 188 valence electrons. The number of carbonyl (C=O) groups excluding carboxylic acids is 2. The molecule has 5 heteroatoms. The summed E-state index contributed by atoms with van der Waals surface area (Å²) in [6.45, 7) is 6.22. The van der Waals surface area contributed by atoms with Gasteiger partial charge in [0.15, 0.2) is 0 Å². The van der Waals surface area contributed by atoms with Gasteiger partial charge in [-0.2, -0.15) is 0 Å². The van der Waals surface area contributed by atoms with Crippen molar-refractivity contribution in [1.29, 1.82) is 0 Å². The van der Waals surface area contributed by atoms with Crippen LogP contribution in [0, 0.1) is 0 Å². The van der Waals surface area contributed by atoms with E-state index in [1.807, 2.05) is 12.1 Å². The highest BCUT2D eigenvalue weighted by atomic mass is 16.5. The van der Waals surface area contributed by atoms with Crippen molar-refractivity contribution in [3.63, 3.8) is 0 Å². The lowest BCUT2D eigenvalue weighted by atomic mass is 10.0. The SMILES string of the molecule is C=CCOc1ccc(C(=O)Oc2ccc(OC(=O)c3ccc(CCCCCCCC)cc3)cc2)cc1. The van der Waals surface area contributed by atoms with Crippen LogP contribution in [0.25, 0.3) is 0 Å². The maximum Gasteiger partial charge on any atom is 0.343 e. The Balaban J connectivity index is 1.46. The molecule has 0 unspecified atom stereocenters. The number of hydrogen-bond donors (Lipinski definition) is 0. The van der Waals surface area contributed by atoms with Gasteiger partial charge in [0, 0.05) is 0 Å². The Hall–Kier alpha value is -3.86. The highest BCUT2D eigenvalue weighted by molar-refractivity contribution is 5.92. The molecule has 0 amide bonds. The molecule has 0 aromatic heterocycles. The van der Waals surface area contributed by atoms with E-state index < -0.39 is 11.9 Å². The Labute approximate surface area is 213 Å². The summed E-state index contributed by atoms with van der Waals surface area (Å²) in [6, 6.07) is 20.6. The fourth-order valence-electron chi connectivity index (χ4n) is 3.67. The quantitative estimate of drug-likeness (QED) is 0.102. The lowest BCUT2D eigenvalue weighted by Gasteiger charge is -2.08. The molecule has 0 aliphatic carbocycles. The van der Waals surface area contributed by atoms with Gasteiger partial charge in [0.25, 0.3) is 0 Å². The lowest BCUT2D eigenvalue weighted by molar-refractivity contribution is 0.0719. The van der Waals surface area contributed by atoms with E-state index >= 15 is 0 Å². The van der Waals surface area contributed by atoms with E-state index in [1.54, 1.807) is 66.7 Å². The van der Waals surface area contributed by atoms with Gasteiger partial charge in [0.05, 0.1) is 11.1 Å². The fourth-order valence-corrected chi connectivity index (χ4v) is 3.67. The smallest absolute Gasteiger partial charge is 0.343 e. The van der Waals surface area contributed by atoms with Gasteiger partial charge in [-0.15, -0.1) is 0 Å². The number of benzene rings is 3. The molecule has 0 aliphatic rings. The highest BCUT2D eigenvalue weighted by Gasteiger charge is 2.11. The van der Waals surface area contributed by atoms with E-state index in [0.717, 1.165) is 6.42 Å². The summed E-state index contributed by atoms with van der Waals surface area (Å²) in [6.07, 6.45) is 10.3. The molecule has 3 aromatic rings. The van der Waals surface area contributed by atoms with E-state index in [9.17, 15) is 9.59 Å². The Morgan fingerprint density at radius 1 is 0.667 bits per heavy atom. The molecule has 0 aliphatic heterocycles. The molecular formula is C31H34O5. The summed E-state index contributed by atoms with van der Waals surface area (Å²) in [5, 5.41) is 0. The normalized spacial score (nSPS) is 10.5. The molecule has 3 aromatic carbocycles. The first kappa shape index (κ1) is 26.7. The second-order valence-electron chi connectivity index (χ2n) is 8.59. The molecule has 36 heavy (non-hydrogen) atoms. The van der Waals surface area contributed by atoms with Crippen molar-refractivity contribution >= 4 is 11.9 Å². The van der Waals surface area contributed by atoms with E-state index in [4.69, 9.17) is 14.2 Å². The van der Waals surface area contributed by atoms with Gasteiger partial charge in [-0.3, -0.25) is 0 Å². The van der Waals surface area contributed by atoms with Crippen molar-refractivity contribution in [3.05, 3.63) is 102 Å². The highest BCUT2D eigenvalue weighted by Crippen LogP contribution is 2.21. The number of unbranched alkanes of at least 4 members (excludes halogenated alkanes) is 5. The van der Waals surface area contributed by atoms with Crippen LogP contribution >= 0.6 is 0 Å². The van der Waals surface area contributed by atoms with Crippen LogP contribution in [0.3, 0.4) is 0 Å². The number of rotatable bonds is 14. The van der Waals surface area contributed by atoms with Crippen molar-refractivity contribution in [2.45, 2.75) is 51.9 Å². The van der Waals surface area contributed by atoms with Crippen LogP contribution in [0.2, 0.25) is 0 Å². The molecule has 3 rings (SSSR count). The Kier molecular flexibility index (Phi) is 10.8. The van der Waals surface area contributed by atoms with Gasteiger partial charge in [0.1, 0.15) is 23.9 Å². The zero-order valence-corrected chi connectivity index (χ0v) is 20.9. The fraction of sp³-hybridized carbons (Fsp3) is 0.290. The Morgan fingerprint density at radius 2 is 1.14 bits per heavy atom. The van der Waals surface area contributed by atoms with E-state index in [1.165, 1.54) is 44.1 Å². The Bertz CT molecular complexity index is 1100. The van der Waals surface area contributed by atoms with Gasteiger partial charge >= 0.3 is 11.9 Å². The minimum Gasteiger partial charge on any atom is -0.490 e. The summed E-state index contributed by atoms with van der Waals surface area (Å²) >= 11 is 0. The monoisotopic (exact) mass is 486 g/mol. The third kappa shape index (κ3) is 8.73. The van der Waals surface area contributed by atoms with E-state index in [0.29, 0.717) is 35.0 Å². The number of esters is 2. The van der Waals surface area contributed by atoms with Gasteiger partial charge in [-0.05, 0) is 79.1 Å². The first-order valence-corrected chi connectivity index (χ1v) is 12.6. The second kappa shape index (κ2) is 14.5. The minimum atomic E-state index is -0.490.